The lowest BCUT2D eigenvalue weighted by Gasteiger charge is -2.22. The van der Waals surface area contributed by atoms with Crippen LogP contribution in [0.5, 0.6) is 5.75 Å². The predicted molar refractivity (Wildman–Crippen MR) is 98.7 cm³/mol. The van der Waals surface area contributed by atoms with E-state index in [4.69, 9.17) is 4.74 Å². The summed E-state index contributed by atoms with van der Waals surface area (Å²) in [5, 5.41) is 8.54. The van der Waals surface area contributed by atoms with Crippen molar-refractivity contribution in [1.29, 1.82) is 0 Å². The monoisotopic (exact) mass is 348 g/mol. The minimum atomic E-state index is -0.0413. The first-order chi connectivity index (χ1) is 12.8. The van der Waals surface area contributed by atoms with Crippen LogP contribution >= 0.6 is 0 Å². The zero-order chi connectivity index (χ0) is 17.9. The van der Waals surface area contributed by atoms with Crippen LogP contribution in [0.1, 0.15) is 30.3 Å². The Morgan fingerprint density at radius 1 is 1.19 bits per heavy atom. The van der Waals surface area contributed by atoms with Crippen molar-refractivity contribution in [3.8, 4) is 5.75 Å². The number of hydrogen-bond acceptors (Lipinski definition) is 4. The van der Waals surface area contributed by atoms with E-state index < -0.39 is 0 Å². The van der Waals surface area contributed by atoms with Crippen LogP contribution in [-0.4, -0.2) is 39.1 Å². The number of amides is 1. The summed E-state index contributed by atoms with van der Waals surface area (Å²) < 4.78 is 7.11. The SMILES string of the molecule is COc1ccc(/C=C/C(=O)N2CCCC2c2nnc3ccccn23)cc1. The zero-order valence-electron chi connectivity index (χ0n) is 14.6. The van der Waals surface area contributed by atoms with E-state index in [9.17, 15) is 4.79 Å². The van der Waals surface area contributed by atoms with Gasteiger partial charge in [0.25, 0.3) is 0 Å². The quantitative estimate of drug-likeness (QED) is 0.680. The second-order valence-electron chi connectivity index (χ2n) is 6.28. The van der Waals surface area contributed by atoms with Crippen LogP contribution in [0.25, 0.3) is 11.7 Å². The van der Waals surface area contributed by atoms with E-state index in [0.717, 1.165) is 42.2 Å². The number of benzene rings is 1. The number of aromatic nitrogens is 3. The molecular weight excluding hydrogens is 328 g/mol. The molecule has 6 nitrogen and oxygen atoms in total. The Morgan fingerprint density at radius 2 is 2.04 bits per heavy atom. The summed E-state index contributed by atoms with van der Waals surface area (Å²) in [5.41, 5.74) is 1.76. The van der Waals surface area contributed by atoms with Crippen molar-refractivity contribution in [2.75, 3.05) is 13.7 Å². The average Bonchev–Trinajstić information content (AvgIpc) is 3.33. The Labute approximate surface area is 151 Å². The lowest BCUT2D eigenvalue weighted by Crippen LogP contribution is -2.30. The van der Waals surface area contributed by atoms with E-state index >= 15 is 0 Å². The predicted octanol–water partition coefficient (Wildman–Crippen LogP) is 3.11. The Hall–Kier alpha value is -3.15. The Kier molecular flexibility index (Phi) is 4.39. The van der Waals surface area contributed by atoms with Crippen LogP contribution < -0.4 is 4.74 Å². The molecule has 3 aromatic rings. The van der Waals surface area contributed by atoms with Crippen molar-refractivity contribution in [1.82, 2.24) is 19.5 Å². The van der Waals surface area contributed by atoms with Gasteiger partial charge in [0, 0.05) is 18.8 Å². The molecule has 1 amide bonds. The number of rotatable bonds is 4. The number of pyridine rings is 1. The largest absolute Gasteiger partial charge is 0.497 e. The first-order valence-corrected chi connectivity index (χ1v) is 8.68. The van der Waals surface area contributed by atoms with Gasteiger partial charge in [-0.05, 0) is 48.7 Å². The maximum absolute atomic E-state index is 12.7. The maximum Gasteiger partial charge on any atom is 0.247 e. The van der Waals surface area contributed by atoms with Crippen molar-refractivity contribution in [2.45, 2.75) is 18.9 Å². The standard InChI is InChI=1S/C20H20N4O2/c1-26-16-10-7-15(8-11-16)9-12-19(25)23-14-4-5-17(23)20-22-21-18-6-2-3-13-24(18)20/h2-3,6-13,17H,4-5,14H2,1H3/b12-9+. The number of fused-ring (bicyclic) bond motifs is 1. The lowest BCUT2D eigenvalue weighted by molar-refractivity contribution is -0.127. The molecule has 3 heterocycles. The Bertz CT molecular complexity index is 946. The van der Waals surface area contributed by atoms with E-state index in [2.05, 4.69) is 10.2 Å². The second-order valence-corrected chi connectivity index (χ2v) is 6.28. The molecule has 0 bridgehead atoms. The zero-order valence-corrected chi connectivity index (χ0v) is 14.6. The highest BCUT2D eigenvalue weighted by Gasteiger charge is 2.32. The first kappa shape index (κ1) is 16.3. The van der Waals surface area contributed by atoms with Gasteiger partial charge in [-0.25, -0.2) is 0 Å². The third-order valence-electron chi connectivity index (χ3n) is 4.71. The molecule has 6 heteroatoms. The van der Waals surface area contributed by atoms with Crippen molar-refractivity contribution < 1.29 is 9.53 Å². The van der Waals surface area contributed by atoms with E-state index in [-0.39, 0.29) is 11.9 Å². The molecule has 0 aliphatic carbocycles. The first-order valence-electron chi connectivity index (χ1n) is 8.68. The number of carbonyl (C=O) groups excluding carboxylic acids is 1. The maximum atomic E-state index is 12.7. The molecule has 4 rings (SSSR count). The highest BCUT2D eigenvalue weighted by molar-refractivity contribution is 5.92. The van der Waals surface area contributed by atoms with Gasteiger partial charge in [0.2, 0.25) is 5.91 Å². The smallest absolute Gasteiger partial charge is 0.247 e. The van der Waals surface area contributed by atoms with Gasteiger partial charge in [0.15, 0.2) is 11.5 Å². The molecule has 1 fully saturated rings. The Morgan fingerprint density at radius 3 is 2.85 bits per heavy atom. The summed E-state index contributed by atoms with van der Waals surface area (Å²) in [6, 6.07) is 13.4. The summed E-state index contributed by atoms with van der Waals surface area (Å²) >= 11 is 0. The minimum Gasteiger partial charge on any atom is -0.497 e. The fraction of sp³-hybridized carbons (Fsp3) is 0.250. The van der Waals surface area contributed by atoms with E-state index in [1.807, 2.05) is 64.0 Å². The molecule has 0 radical (unpaired) electrons. The van der Waals surface area contributed by atoms with Crippen LogP contribution in [0.3, 0.4) is 0 Å². The highest BCUT2D eigenvalue weighted by atomic mass is 16.5. The van der Waals surface area contributed by atoms with Crippen molar-refractivity contribution in [3.05, 3.63) is 66.1 Å². The van der Waals surface area contributed by atoms with Crippen LogP contribution in [0.15, 0.2) is 54.7 Å². The summed E-state index contributed by atoms with van der Waals surface area (Å²) in [6.45, 7) is 0.734. The van der Waals surface area contributed by atoms with Gasteiger partial charge >= 0.3 is 0 Å². The van der Waals surface area contributed by atoms with Gasteiger partial charge < -0.3 is 9.64 Å². The number of carbonyl (C=O) groups is 1. The number of hydrogen-bond donors (Lipinski definition) is 0. The molecule has 2 aromatic heterocycles. The van der Waals surface area contributed by atoms with Crippen LogP contribution in [0.2, 0.25) is 0 Å². The van der Waals surface area contributed by atoms with Crippen LogP contribution in [0, 0.1) is 0 Å². The summed E-state index contributed by atoms with van der Waals surface area (Å²) in [5.74, 6) is 1.62. The van der Waals surface area contributed by atoms with Gasteiger partial charge in [0.1, 0.15) is 5.75 Å². The van der Waals surface area contributed by atoms with E-state index in [0.29, 0.717) is 0 Å². The normalized spacial score (nSPS) is 17.3. The van der Waals surface area contributed by atoms with Gasteiger partial charge in [-0.1, -0.05) is 18.2 Å². The fourth-order valence-electron chi connectivity index (χ4n) is 3.36. The molecule has 1 aromatic carbocycles. The molecule has 1 aliphatic heterocycles. The fourth-order valence-corrected chi connectivity index (χ4v) is 3.36. The van der Waals surface area contributed by atoms with Crippen molar-refractivity contribution in [3.63, 3.8) is 0 Å². The molecule has 1 unspecified atom stereocenters. The van der Waals surface area contributed by atoms with Gasteiger partial charge in [-0.15, -0.1) is 10.2 Å². The van der Waals surface area contributed by atoms with Gasteiger partial charge in [0.05, 0.1) is 13.2 Å². The second kappa shape index (κ2) is 7.00. The number of likely N-dealkylation sites (tertiary alicyclic amines) is 1. The van der Waals surface area contributed by atoms with Gasteiger partial charge in [-0.3, -0.25) is 9.20 Å². The molecular formula is C20H20N4O2. The van der Waals surface area contributed by atoms with Crippen LogP contribution in [0.4, 0.5) is 0 Å². The summed E-state index contributed by atoms with van der Waals surface area (Å²) in [6.07, 6.45) is 7.27. The topological polar surface area (TPSA) is 59.7 Å². The molecule has 132 valence electrons. The minimum absolute atomic E-state index is 0.00370. The summed E-state index contributed by atoms with van der Waals surface area (Å²) in [4.78, 5) is 14.6. The summed E-state index contributed by atoms with van der Waals surface area (Å²) in [7, 11) is 1.63. The van der Waals surface area contributed by atoms with Crippen molar-refractivity contribution in [2.24, 2.45) is 0 Å². The Balaban J connectivity index is 1.54. The highest BCUT2D eigenvalue weighted by Crippen LogP contribution is 2.31. The van der Waals surface area contributed by atoms with Crippen LogP contribution in [-0.2, 0) is 4.79 Å². The third kappa shape index (κ3) is 3.06. The average molecular weight is 348 g/mol. The molecule has 1 saturated heterocycles. The number of nitrogens with zero attached hydrogens (tertiary/aromatic N) is 4. The van der Waals surface area contributed by atoms with Crippen molar-refractivity contribution >= 4 is 17.6 Å². The van der Waals surface area contributed by atoms with E-state index in [1.165, 1.54) is 0 Å². The lowest BCUT2D eigenvalue weighted by atomic mass is 10.2. The molecule has 26 heavy (non-hydrogen) atoms. The molecule has 0 spiro atoms. The molecule has 1 atom stereocenters. The number of methoxy groups -OCH3 is 1. The third-order valence-corrected chi connectivity index (χ3v) is 4.71. The molecule has 0 saturated carbocycles. The molecule has 1 aliphatic rings. The van der Waals surface area contributed by atoms with Gasteiger partial charge in [-0.2, -0.15) is 0 Å². The van der Waals surface area contributed by atoms with E-state index in [1.54, 1.807) is 13.2 Å². The number of ether oxygens (including phenoxy) is 1. The molecule has 0 N–H and O–H groups in total.